The quantitative estimate of drug-likeness (QED) is 0.602. The highest BCUT2D eigenvalue weighted by molar-refractivity contribution is 5.86. The average molecular weight is 446 g/mol. The third kappa shape index (κ3) is 5.43. The molecule has 1 fully saturated rings. The zero-order valence-corrected chi connectivity index (χ0v) is 19.5. The van der Waals surface area contributed by atoms with Crippen molar-refractivity contribution >= 4 is 5.91 Å². The first-order valence-electron chi connectivity index (χ1n) is 11.4. The minimum Gasteiger partial charge on any atom is -0.362 e. The number of rotatable bonds is 7. The van der Waals surface area contributed by atoms with Gasteiger partial charge in [-0.3, -0.25) is 14.7 Å². The maximum absolute atomic E-state index is 13.0. The molecule has 3 heterocycles. The van der Waals surface area contributed by atoms with Gasteiger partial charge in [0.1, 0.15) is 5.82 Å². The Kier molecular flexibility index (Phi) is 7.11. The lowest BCUT2D eigenvalue weighted by molar-refractivity contribution is -0.160. The molecule has 33 heavy (non-hydrogen) atoms. The van der Waals surface area contributed by atoms with Crippen LogP contribution in [0.25, 0.3) is 11.1 Å². The van der Waals surface area contributed by atoms with Crippen molar-refractivity contribution in [2.75, 3.05) is 26.7 Å². The van der Waals surface area contributed by atoms with E-state index < -0.39 is 5.60 Å². The number of hydrogen-bond acceptors (Lipinski definition) is 6. The lowest BCUT2D eigenvalue weighted by Crippen LogP contribution is -2.60. The Morgan fingerprint density at radius 3 is 2.36 bits per heavy atom. The molecule has 1 unspecified atom stereocenters. The Balaban J connectivity index is 1.50. The fourth-order valence-electron chi connectivity index (χ4n) is 4.24. The van der Waals surface area contributed by atoms with Gasteiger partial charge >= 0.3 is 0 Å². The van der Waals surface area contributed by atoms with E-state index in [4.69, 9.17) is 4.74 Å². The SMILES string of the molecule is CNC(=O)C1(Cc2ccc(-c3ccncc3)cc2)CN(Cc2cnc(C(C)C)nc2)CCO1. The normalized spacial score (nSPS) is 18.9. The summed E-state index contributed by atoms with van der Waals surface area (Å²) in [6.07, 6.45) is 7.85. The average Bonchev–Trinajstić information content (AvgIpc) is 2.85. The summed E-state index contributed by atoms with van der Waals surface area (Å²) >= 11 is 0. The van der Waals surface area contributed by atoms with Crippen LogP contribution in [0.5, 0.6) is 0 Å². The molecule has 0 spiro atoms. The number of pyridine rings is 1. The first-order valence-corrected chi connectivity index (χ1v) is 11.4. The van der Waals surface area contributed by atoms with Crippen molar-refractivity contribution < 1.29 is 9.53 Å². The molecule has 0 radical (unpaired) electrons. The van der Waals surface area contributed by atoms with Crippen molar-refractivity contribution in [1.82, 2.24) is 25.2 Å². The topological polar surface area (TPSA) is 80.2 Å². The standard InChI is InChI=1S/C26H31N5O2/c1-19(2)24-29-15-21(16-30-24)17-31-12-13-33-26(18-31,25(32)27-3)14-20-4-6-22(7-5-20)23-8-10-28-11-9-23/h4-11,15-16,19H,12-14,17-18H2,1-3H3,(H,27,32). The number of nitrogens with zero attached hydrogens (tertiary/aromatic N) is 4. The van der Waals surface area contributed by atoms with Crippen LogP contribution in [0.3, 0.4) is 0 Å². The molecule has 0 aliphatic carbocycles. The summed E-state index contributed by atoms with van der Waals surface area (Å²) in [6.45, 7) is 6.60. The molecule has 1 atom stereocenters. The van der Waals surface area contributed by atoms with E-state index in [0.717, 1.165) is 34.6 Å². The number of hydrogen-bond donors (Lipinski definition) is 1. The van der Waals surface area contributed by atoms with Crippen LogP contribution in [-0.4, -0.2) is 58.1 Å². The van der Waals surface area contributed by atoms with E-state index in [2.05, 4.69) is 63.3 Å². The van der Waals surface area contributed by atoms with Crippen molar-refractivity contribution in [3.05, 3.63) is 78.1 Å². The molecule has 172 valence electrons. The minimum atomic E-state index is -0.941. The first kappa shape index (κ1) is 23.0. The number of aromatic nitrogens is 3. The Labute approximate surface area is 195 Å². The van der Waals surface area contributed by atoms with Gasteiger partial charge in [-0.15, -0.1) is 0 Å². The van der Waals surface area contributed by atoms with E-state index in [-0.39, 0.29) is 5.91 Å². The van der Waals surface area contributed by atoms with Crippen molar-refractivity contribution in [2.45, 2.75) is 38.3 Å². The summed E-state index contributed by atoms with van der Waals surface area (Å²) in [5, 5.41) is 2.82. The van der Waals surface area contributed by atoms with Crippen LogP contribution in [0.2, 0.25) is 0 Å². The van der Waals surface area contributed by atoms with Gasteiger partial charge in [-0.2, -0.15) is 0 Å². The second-order valence-corrected chi connectivity index (χ2v) is 8.85. The third-order valence-corrected chi connectivity index (χ3v) is 6.01. The van der Waals surface area contributed by atoms with Crippen LogP contribution in [-0.2, 0) is 22.5 Å². The molecule has 0 saturated carbocycles. The molecule has 1 amide bonds. The summed E-state index contributed by atoms with van der Waals surface area (Å²) < 4.78 is 6.16. The van der Waals surface area contributed by atoms with Crippen molar-refractivity contribution in [2.24, 2.45) is 0 Å². The van der Waals surface area contributed by atoms with Gasteiger partial charge in [0, 0.05) is 69.4 Å². The smallest absolute Gasteiger partial charge is 0.253 e. The van der Waals surface area contributed by atoms with Gasteiger partial charge in [-0.1, -0.05) is 38.1 Å². The molecule has 1 saturated heterocycles. The fraction of sp³-hybridized carbons (Fsp3) is 0.385. The number of benzene rings is 1. The minimum absolute atomic E-state index is 0.100. The number of morpholine rings is 1. The van der Waals surface area contributed by atoms with Gasteiger partial charge in [-0.25, -0.2) is 9.97 Å². The predicted octanol–water partition coefficient (Wildman–Crippen LogP) is 3.22. The Hall–Kier alpha value is -3.16. The van der Waals surface area contributed by atoms with E-state index in [9.17, 15) is 4.79 Å². The highest BCUT2D eigenvalue weighted by Gasteiger charge is 2.43. The summed E-state index contributed by atoms with van der Waals surface area (Å²) in [5.41, 5.74) is 3.38. The summed E-state index contributed by atoms with van der Waals surface area (Å²) in [7, 11) is 1.66. The fourth-order valence-corrected chi connectivity index (χ4v) is 4.24. The zero-order chi connectivity index (χ0) is 23.3. The van der Waals surface area contributed by atoms with Crippen LogP contribution < -0.4 is 5.32 Å². The lowest BCUT2D eigenvalue weighted by atomic mass is 9.90. The van der Waals surface area contributed by atoms with Gasteiger partial charge in [-0.05, 0) is 28.8 Å². The molecule has 3 aromatic rings. The number of amides is 1. The van der Waals surface area contributed by atoms with Crippen molar-refractivity contribution in [3.8, 4) is 11.1 Å². The van der Waals surface area contributed by atoms with Crippen molar-refractivity contribution in [3.63, 3.8) is 0 Å². The zero-order valence-electron chi connectivity index (χ0n) is 19.5. The van der Waals surface area contributed by atoms with E-state index >= 15 is 0 Å². The van der Waals surface area contributed by atoms with Crippen LogP contribution in [0.1, 0.15) is 36.7 Å². The number of carbonyl (C=O) groups excluding carboxylic acids is 1. The van der Waals surface area contributed by atoms with E-state index in [1.54, 1.807) is 19.4 Å². The molecular weight excluding hydrogens is 414 g/mol. The predicted molar refractivity (Wildman–Crippen MR) is 128 cm³/mol. The van der Waals surface area contributed by atoms with Gasteiger partial charge in [0.05, 0.1) is 6.61 Å². The van der Waals surface area contributed by atoms with Crippen LogP contribution in [0.4, 0.5) is 0 Å². The van der Waals surface area contributed by atoms with Crippen LogP contribution in [0, 0.1) is 0 Å². The molecule has 1 aliphatic heterocycles. The van der Waals surface area contributed by atoms with Gasteiger partial charge in [0.2, 0.25) is 0 Å². The van der Waals surface area contributed by atoms with E-state index in [0.29, 0.717) is 32.0 Å². The molecule has 1 aliphatic rings. The second kappa shape index (κ2) is 10.2. The molecule has 0 bridgehead atoms. The lowest BCUT2D eigenvalue weighted by Gasteiger charge is -2.41. The molecule has 4 rings (SSSR count). The number of carbonyl (C=O) groups is 1. The molecule has 1 N–H and O–H groups in total. The summed E-state index contributed by atoms with van der Waals surface area (Å²) in [4.78, 5) is 28.3. The summed E-state index contributed by atoms with van der Waals surface area (Å²) in [6, 6.07) is 12.3. The summed E-state index contributed by atoms with van der Waals surface area (Å²) in [5.74, 6) is 1.04. The maximum atomic E-state index is 13.0. The van der Waals surface area contributed by atoms with Gasteiger partial charge in [0.25, 0.3) is 5.91 Å². The Morgan fingerprint density at radius 1 is 1.06 bits per heavy atom. The monoisotopic (exact) mass is 445 g/mol. The molecule has 1 aromatic carbocycles. The molecule has 7 heteroatoms. The van der Waals surface area contributed by atoms with Gasteiger partial charge < -0.3 is 10.1 Å². The molecular formula is C26H31N5O2. The van der Waals surface area contributed by atoms with E-state index in [1.807, 2.05) is 24.5 Å². The van der Waals surface area contributed by atoms with E-state index in [1.165, 1.54) is 0 Å². The third-order valence-electron chi connectivity index (χ3n) is 6.01. The molecule has 2 aromatic heterocycles. The van der Waals surface area contributed by atoms with Crippen molar-refractivity contribution in [1.29, 1.82) is 0 Å². The number of ether oxygens (including phenoxy) is 1. The molecule has 7 nitrogen and oxygen atoms in total. The number of likely N-dealkylation sites (N-methyl/N-ethyl adjacent to an activating group) is 1. The Bertz CT molecular complexity index is 1050. The van der Waals surface area contributed by atoms with Gasteiger partial charge in [0.15, 0.2) is 5.60 Å². The first-order chi connectivity index (χ1) is 16.0. The highest BCUT2D eigenvalue weighted by Crippen LogP contribution is 2.27. The van der Waals surface area contributed by atoms with Crippen LogP contribution >= 0.6 is 0 Å². The largest absolute Gasteiger partial charge is 0.362 e. The number of nitrogens with one attached hydrogen (secondary N) is 1. The highest BCUT2D eigenvalue weighted by atomic mass is 16.5. The second-order valence-electron chi connectivity index (χ2n) is 8.85. The maximum Gasteiger partial charge on any atom is 0.253 e. The van der Waals surface area contributed by atoms with Crippen LogP contribution in [0.15, 0.2) is 61.2 Å². The Morgan fingerprint density at radius 2 is 1.73 bits per heavy atom.